The van der Waals surface area contributed by atoms with Crippen LogP contribution in [0.25, 0.3) is 0 Å². The molecule has 0 spiro atoms. The minimum Gasteiger partial charge on any atom is -0.354 e. The highest BCUT2D eigenvalue weighted by Crippen LogP contribution is 2.31. The summed E-state index contributed by atoms with van der Waals surface area (Å²) in [6.07, 6.45) is -2.49. The Labute approximate surface area is 104 Å². The van der Waals surface area contributed by atoms with E-state index in [-0.39, 0.29) is 6.04 Å². The smallest absolute Gasteiger partial charge is 0.354 e. The summed E-state index contributed by atoms with van der Waals surface area (Å²) < 4.78 is 37.3. The SMILES string of the molecule is CC1CC(CN)CN1c1ccc(C(F)(F)F)cn1. The van der Waals surface area contributed by atoms with E-state index in [1.165, 1.54) is 6.07 Å². The Kier molecular flexibility index (Phi) is 3.47. The van der Waals surface area contributed by atoms with Crippen LogP contribution < -0.4 is 10.6 Å². The van der Waals surface area contributed by atoms with Gasteiger partial charge in [0.1, 0.15) is 5.82 Å². The number of anilines is 1. The number of pyridine rings is 1. The Morgan fingerprint density at radius 3 is 2.61 bits per heavy atom. The molecular weight excluding hydrogens is 243 g/mol. The molecule has 1 aliphatic rings. The van der Waals surface area contributed by atoms with Crippen LogP contribution in [0.4, 0.5) is 19.0 Å². The molecule has 0 aromatic carbocycles. The molecule has 1 aromatic rings. The van der Waals surface area contributed by atoms with Crippen LogP contribution >= 0.6 is 0 Å². The first-order valence-electron chi connectivity index (χ1n) is 5.91. The fraction of sp³-hybridized carbons (Fsp3) is 0.583. The van der Waals surface area contributed by atoms with E-state index in [1.807, 2.05) is 11.8 Å². The Bertz CT molecular complexity index is 402. The van der Waals surface area contributed by atoms with Crippen LogP contribution in [-0.4, -0.2) is 24.1 Å². The summed E-state index contributed by atoms with van der Waals surface area (Å²) in [6.45, 7) is 3.40. The highest BCUT2D eigenvalue weighted by Gasteiger charge is 2.32. The van der Waals surface area contributed by atoms with Crippen molar-refractivity contribution >= 4 is 5.82 Å². The van der Waals surface area contributed by atoms with E-state index in [4.69, 9.17) is 5.73 Å². The maximum absolute atomic E-state index is 12.4. The van der Waals surface area contributed by atoms with E-state index in [2.05, 4.69) is 4.98 Å². The van der Waals surface area contributed by atoms with Gasteiger partial charge in [0.15, 0.2) is 0 Å². The van der Waals surface area contributed by atoms with Gasteiger partial charge in [-0.1, -0.05) is 0 Å². The number of aromatic nitrogens is 1. The first kappa shape index (κ1) is 13.1. The first-order valence-corrected chi connectivity index (χ1v) is 5.91. The summed E-state index contributed by atoms with van der Waals surface area (Å²) in [6, 6.07) is 2.77. The summed E-state index contributed by atoms with van der Waals surface area (Å²) in [5.74, 6) is 0.982. The van der Waals surface area contributed by atoms with Crippen LogP contribution in [0.3, 0.4) is 0 Å². The molecule has 6 heteroatoms. The fourth-order valence-corrected chi connectivity index (χ4v) is 2.36. The van der Waals surface area contributed by atoms with Gasteiger partial charge < -0.3 is 10.6 Å². The summed E-state index contributed by atoms with van der Waals surface area (Å²) in [4.78, 5) is 5.92. The predicted molar refractivity (Wildman–Crippen MR) is 63.2 cm³/mol. The van der Waals surface area contributed by atoms with Gasteiger partial charge in [0, 0.05) is 18.8 Å². The van der Waals surface area contributed by atoms with Gasteiger partial charge in [-0.15, -0.1) is 0 Å². The van der Waals surface area contributed by atoms with Crippen molar-refractivity contribution in [2.24, 2.45) is 11.7 Å². The third kappa shape index (κ3) is 2.58. The van der Waals surface area contributed by atoms with Gasteiger partial charge in [-0.2, -0.15) is 13.2 Å². The van der Waals surface area contributed by atoms with Crippen LogP contribution in [0.5, 0.6) is 0 Å². The van der Waals surface area contributed by atoms with Gasteiger partial charge in [0.05, 0.1) is 5.56 Å². The van der Waals surface area contributed by atoms with E-state index in [9.17, 15) is 13.2 Å². The van der Waals surface area contributed by atoms with Crippen molar-refractivity contribution in [3.05, 3.63) is 23.9 Å². The van der Waals surface area contributed by atoms with Crippen LogP contribution in [0.1, 0.15) is 18.9 Å². The van der Waals surface area contributed by atoms with Gasteiger partial charge in [0.25, 0.3) is 0 Å². The quantitative estimate of drug-likeness (QED) is 0.886. The third-order valence-corrected chi connectivity index (χ3v) is 3.36. The molecule has 1 saturated heterocycles. The molecular formula is C12H16F3N3. The largest absolute Gasteiger partial charge is 0.417 e. The molecule has 0 aliphatic carbocycles. The minimum atomic E-state index is -4.33. The molecule has 2 rings (SSSR count). The Morgan fingerprint density at radius 1 is 1.44 bits per heavy atom. The molecule has 0 amide bonds. The fourth-order valence-electron chi connectivity index (χ4n) is 2.36. The Morgan fingerprint density at radius 2 is 2.17 bits per heavy atom. The first-order chi connectivity index (χ1) is 8.41. The third-order valence-electron chi connectivity index (χ3n) is 3.36. The maximum atomic E-state index is 12.4. The molecule has 0 saturated carbocycles. The molecule has 18 heavy (non-hydrogen) atoms. The van der Waals surface area contributed by atoms with E-state index in [0.717, 1.165) is 25.2 Å². The van der Waals surface area contributed by atoms with Crippen molar-refractivity contribution in [1.82, 2.24) is 4.98 Å². The van der Waals surface area contributed by atoms with Crippen LogP contribution in [0.2, 0.25) is 0 Å². The number of hydrogen-bond acceptors (Lipinski definition) is 3. The second-order valence-corrected chi connectivity index (χ2v) is 4.74. The van der Waals surface area contributed by atoms with Crippen molar-refractivity contribution in [3.8, 4) is 0 Å². The lowest BCUT2D eigenvalue weighted by Crippen LogP contribution is -2.28. The lowest BCUT2D eigenvalue weighted by Gasteiger charge is -2.22. The zero-order valence-corrected chi connectivity index (χ0v) is 10.1. The van der Waals surface area contributed by atoms with Gasteiger partial charge in [-0.05, 0) is 37.9 Å². The Hall–Kier alpha value is -1.30. The summed E-state index contributed by atoms with van der Waals surface area (Å²) in [7, 11) is 0. The van der Waals surface area contributed by atoms with E-state index < -0.39 is 11.7 Å². The maximum Gasteiger partial charge on any atom is 0.417 e. The number of nitrogens with zero attached hydrogens (tertiary/aromatic N) is 2. The van der Waals surface area contributed by atoms with Crippen molar-refractivity contribution < 1.29 is 13.2 Å². The number of nitrogens with two attached hydrogens (primary N) is 1. The highest BCUT2D eigenvalue weighted by molar-refractivity contribution is 5.42. The van der Waals surface area contributed by atoms with E-state index in [0.29, 0.717) is 18.3 Å². The lowest BCUT2D eigenvalue weighted by molar-refractivity contribution is -0.137. The molecule has 2 heterocycles. The topological polar surface area (TPSA) is 42.1 Å². The zero-order chi connectivity index (χ0) is 13.3. The molecule has 3 nitrogen and oxygen atoms in total. The molecule has 2 N–H and O–H groups in total. The molecule has 1 aromatic heterocycles. The molecule has 1 aliphatic heterocycles. The van der Waals surface area contributed by atoms with Crippen LogP contribution in [0, 0.1) is 5.92 Å². The average molecular weight is 259 g/mol. The van der Waals surface area contributed by atoms with Gasteiger partial charge in [-0.3, -0.25) is 0 Å². The zero-order valence-electron chi connectivity index (χ0n) is 10.1. The molecule has 0 radical (unpaired) electrons. The molecule has 1 fully saturated rings. The van der Waals surface area contributed by atoms with E-state index in [1.54, 1.807) is 0 Å². The number of halogens is 3. The highest BCUT2D eigenvalue weighted by atomic mass is 19.4. The summed E-state index contributed by atoms with van der Waals surface area (Å²) in [5, 5.41) is 0. The second-order valence-electron chi connectivity index (χ2n) is 4.74. The second kappa shape index (κ2) is 4.76. The van der Waals surface area contributed by atoms with Crippen molar-refractivity contribution in [2.75, 3.05) is 18.0 Å². The normalized spacial score (nSPS) is 24.6. The number of alkyl halides is 3. The molecule has 2 unspecified atom stereocenters. The molecule has 2 atom stereocenters. The van der Waals surface area contributed by atoms with Gasteiger partial charge in [-0.25, -0.2) is 4.98 Å². The minimum absolute atomic E-state index is 0.266. The van der Waals surface area contributed by atoms with Crippen molar-refractivity contribution in [2.45, 2.75) is 25.6 Å². The predicted octanol–water partition coefficient (Wildman–Crippen LogP) is 2.27. The van der Waals surface area contributed by atoms with Crippen molar-refractivity contribution in [3.63, 3.8) is 0 Å². The van der Waals surface area contributed by atoms with Crippen molar-refractivity contribution in [1.29, 1.82) is 0 Å². The van der Waals surface area contributed by atoms with E-state index >= 15 is 0 Å². The lowest BCUT2D eigenvalue weighted by atomic mass is 10.1. The summed E-state index contributed by atoms with van der Waals surface area (Å²) >= 11 is 0. The van der Waals surface area contributed by atoms with Gasteiger partial charge in [0.2, 0.25) is 0 Å². The van der Waals surface area contributed by atoms with Gasteiger partial charge >= 0.3 is 6.18 Å². The molecule has 100 valence electrons. The standard InChI is InChI=1S/C12H16F3N3/c1-8-4-9(5-16)7-18(8)11-3-2-10(6-17-11)12(13,14)15/h2-3,6,8-9H,4-5,7,16H2,1H3. The van der Waals surface area contributed by atoms with Crippen LogP contribution in [0.15, 0.2) is 18.3 Å². The molecule has 0 bridgehead atoms. The Balaban J connectivity index is 2.15. The average Bonchev–Trinajstić information content (AvgIpc) is 2.70. The number of hydrogen-bond donors (Lipinski definition) is 1. The summed E-state index contributed by atoms with van der Waals surface area (Å²) in [5.41, 5.74) is 4.91. The monoisotopic (exact) mass is 259 g/mol. The van der Waals surface area contributed by atoms with Crippen LogP contribution in [-0.2, 0) is 6.18 Å². The number of rotatable bonds is 2.